The van der Waals surface area contributed by atoms with E-state index < -0.39 is 11.4 Å². The van der Waals surface area contributed by atoms with Crippen LogP contribution in [-0.4, -0.2) is 42.4 Å². The Morgan fingerprint density at radius 2 is 1.73 bits per heavy atom. The molecule has 0 radical (unpaired) electrons. The third kappa shape index (κ3) is 4.87. The van der Waals surface area contributed by atoms with Gasteiger partial charge in [0.15, 0.2) is 6.61 Å². The fraction of sp³-hybridized carbons (Fsp3) is 0.375. The Hall–Kier alpha value is -3.15. The van der Waals surface area contributed by atoms with E-state index in [2.05, 4.69) is 5.32 Å². The molecule has 6 nitrogen and oxygen atoms in total. The lowest BCUT2D eigenvalue weighted by molar-refractivity contribution is -0.156. The van der Waals surface area contributed by atoms with E-state index in [-0.39, 0.29) is 18.4 Å². The van der Waals surface area contributed by atoms with Gasteiger partial charge in [-0.2, -0.15) is 0 Å². The molecule has 158 valence electrons. The zero-order valence-corrected chi connectivity index (χ0v) is 17.5. The highest BCUT2D eigenvalue weighted by atomic mass is 16.5. The van der Waals surface area contributed by atoms with Gasteiger partial charge in [-0.25, -0.2) is 0 Å². The minimum Gasteiger partial charge on any atom is -0.455 e. The highest BCUT2D eigenvalue weighted by molar-refractivity contribution is 5.94. The molecule has 1 aliphatic rings. The van der Waals surface area contributed by atoms with Crippen molar-refractivity contribution in [1.29, 1.82) is 0 Å². The Bertz CT molecular complexity index is 902. The highest BCUT2D eigenvalue weighted by Gasteiger charge is 2.44. The topological polar surface area (TPSA) is 75.7 Å². The fourth-order valence-corrected chi connectivity index (χ4v) is 3.91. The lowest BCUT2D eigenvalue weighted by Crippen LogP contribution is -2.49. The molecular formula is C24H28N2O4. The van der Waals surface area contributed by atoms with Crippen molar-refractivity contribution in [2.45, 2.75) is 38.5 Å². The molecule has 0 unspecified atom stereocenters. The second-order valence-electron chi connectivity index (χ2n) is 7.63. The van der Waals surface area contributed by atoms with Crippen LogP contribution >= 0.6 is 0 Å². The molecule has 2 amide bonds. The first-order valence-corrected chi connectivity index (χ1v) is 10.3. The van der Waals surface area contributed by atoms with Crippen LogP contribution in [0.1, 0.15) is 37.8 Å². The maximum absolute atomic E-state index is 13.1. The standard InChI is InChI=1S/C24H28N2O4/c1-3-19-8-7-11-21(16-19)25-22(28)17-30-23(29)24(20-9-5-4-6-10-20)12-14-26(15-13-24)18(2)27/h4-11,16H,3,12-15,17H2,1-2H3,(H,25,28). The van der Waals surface area contributed by atoms with Crippen LogP contribution in [0.4, 0.5) is 5.69 Å². The number of amides is 2. The molecule has 1 N–H and O–H groups in total. The maximum Gasteiger partial charge on any atom is 0.317 e. The molecular weight excluding hydrogens is 380 g/mol. The molecule has 0 spiro atoms. The number of nitrogens with zero attached hydrogens (tertiary/aromatic N) is 1. The van der Waals surface area contributed by atoms with Crippen LogP contribution in [-0.2, 0) is 31.0 Å². The van der Waals surface area contributed by atoms with Crippen molar-refractivity contribution in [2.24, 2.45) is 0 Å². The van der Waals surface area contributed by atoms with Gasteiger partial charge in [-0.15, -0.1) is 0 Å². The van der Waals surface area contributed by atoms with E-state index in [1.807, 2.05) is 61.5 Å². The number of nitrogens with one attached hydrogen (secondary N) is 1. The molecule has 1 aliphatic heterocycles. The normalized spacial score (nSPS) is 15.3. The first kappa shape index (κ1) is 21.6. The number of esters is 1. The van der Waals surface area contributed by atoms with Crippen LogP contribution in [0.3, 0.4) is 0 Å². The Kier molecular flexibility index (Phi) is 6.87. The van der Waals surface area contributed by atoms with E-state index in [1.165, 1.54) is 6.92 Å². The number of carbonyl (C=O) groups excluding carboxylic acids is 3. The fourth-order valence-electron chi connectivity index (χ4n) is 3.91. The molecule has 2 aromatic rings. The predicted octanol–water partition coefficient (Wildman–Crippen LogP) is 3.31. The van der Waals surface area contributed by atoms with E-state index >= 15 is 0 Å². The van der Waals surface area contributed by atoms with Crippen LogP contribution in [0, 0.1) is 0 Å². The number of likely N-dealkylation sites (tertiary alicyclic amines) is 1. The molecule has 0 aliphatic carbocycles. The highest BCUT2D eigenvalue weighted by Crippen LogP contribution is 2.37. The second-order valence-corrected chi connectivity index (χ2v) is 7.63. The van der Waals surface area contributed by atoms with Gasteiger partial charge >= 0.3 is 5.97 Å². The van der Waals surface area contributed by atoms with E-state index in [0.29, 0.717) is 31.6 Å². The lowest BCUT2D eigenvalue weighted by Gasteiger charge is -2.40. The van der Waals surface area contributed by atoms with Gasteiger partial charge in [-0.05, 0) is 42.5 Å². The summed E-state index contributed by atoms with van der Waals surface area (Å²) < 4.78 is 5.47. The third-order valence-electron chi connectivity index (χ3n) is 5.73. The molecule has 1 saturated heterocycles. The molecule has 3 rings (SSSR count). The first-order valence-electron chi connectivity index (χ1n) is 10.3. The molecule has 1 heterocycles. The molecule has 0 saturated carbocycles. The first-order chi connectivity index (χ1) is 14.4. The van der Waals surface area contributed by atoms with Crippen LogP contribution in [0.5, 0.6) is 0 Å². The van der Waals surface area contributed by atoms with Crippen molar-refractivity contribution >= 4 is 23.5 Å². The van der Waals surface area contributed by atoms with Gasteiger partial charge < -0.3 is 15.0 Å². The van der Waals surface area contributed by atoms with Gasteiger partial charge in [0.25, 0.3) is 5.91 Å². The summed E-state index contributed by atoms with van der Waals surface area (Å²) in [6.07, 6.45) is 1.81. The summed E-state index contributed by atoms with van der Waals surface area (Å²) in [6, 6.07) is 17.1. The Labute approximate surface area is 177 Å². The zero-order chi connectivity index (χ0) is 21.6. The van der Waals surface area contributed by atoms with E-state index in [4.69, 9.17) is 4.74 Å². The van der Waals surface area contributed by atoms with Crippen molar-refractivity contribution in [2.75, 3.05) is 25.0 Å². The van der Waals surface area contributed by atoms with Crippen molar-refractivity contribution in [3.63, 3.8) is 0 Å². The number of rotatable bonds is 6. The summed E-state index contributed by atoms with van der Waals surface area (Å²) in [5.74, 6) is -0.797. The van der Waals surface area contributed by atoms with Gasteiger partial charge in [0, 0.05) is 25.7 Å². The molecule has 0 bridgehead atoms. The lowest BCUT2D eigenvalue weighted by atomic mass is 9.72. The number of hydrogen-bond donors (Lipinski definition) is 1. The van der Waals surface area contributed by atoms with Crippen LogP contribution in [0.2, 0.25) is 0 Å². The number of hydrogen-bond acceptors (Lipinski definition) is 4. The molecule has 1 fully saturated rings. The third-order valence-corrected chi connectivity index (χ3v) is 5.73. The number of ether oxygens (including phenoxy) is 1. The summed E-state index contributed by atoms with van der Waals surface area (Å²) in [6.45, 7) is 4.19. The van der Waals surface area contributed by atoms with Gasteiger partial charge in [0.05, 0.1) is 5.41 Å². The second kappa shape index (κ2) is 9.57. The maximum atomic E-state index is 13.1. The summed E-state index contributed by atoms with van der Waals surface area (Å²) in [7, 11) is 0. The Morgan fingerprint density at radius 1 is 1.03 bits per heavy atom. The van der Waals surface area contributed by atoms with Crippen molar-refractivity contribution in [3.8, 4) is 0 Å². The van der Waals surface area contributed by atoms with Gasteiger partial charge in [-0.3, -0.25) is 14.4 Å². The number of carbonyl (C=O) groups is 3. The van der Waals surface area contributed by atoms with Crippen LogP contribution in [0.25, 0.3) is 0 Å². The van der Waals surface area contributed by atoms with Crippen molar-refractivity contribution in [3.05, 3.63) is 65.7 Å². The SMILES string of the molecule is CCc1cccc(NC(=O)COC(=O)C2(c3ccccc3)CCN(C(C)=O)CC2)c1. The van der Waals surface area contributed by atoms with Crippen LogP contribution < -0.4 is 5.32 Å². The number of aryl methyl sites for hydroxylation is 1. The van der Waals surface area contributed by atoms with Gasteiger partial charge in [0.2, 0.25) is 5.91 Å². The quantitative estimate of drug-likeness (QED) is 0.744. The number of benzene rings is 2. The summed E-state index contributed by atoms with van der Waals surface area (Å²) in [5.41, 5.74) is 1.80. The van der Waals surface area contributed by atoms with E-state index in [0.717, 1.165) is 17.5 Å². The molecule has 2 aromatic carbocycles. The largest absolute Gasteiger partial charge is 0.455 e. The molecule has 6 heteroatoms. The minimum absolute atomic E-state index is 0.00119. The molecule has 30 heavy (non-hydrogen) atoms. The average molecular weight is 408 g/mol. The monoisotopic (exact) mass is 408 g/mol. The predicted molar refractivity (Wildman–Crippen MR) is 115 cm³/mol. The smallest absolute Gasteiger partial charge is 0.317 e. The summed E-state index contributed by atoms with van der Waals surface area (Å²) in [5, 5.41) is 2.78. The molecule has 0 atom stereocenters. The Morgan fingerprint density at radius 3 is 2.37 bits per heavy atom. The van der Waals surface area contributed by atoms with E-state index in [9.17, 15) is 14.4 Å². The molecule has 0 aromatic heterocycles. The number of anilines is 1. The minimum atomic E-state index is -0.852. The van der Waals surface area contributed by atoms with E-state index in [1.54, 1.807) is 4.90 Å². The summed E-state index contributed by atoms with van der Waals surface area (Å²) in [4.78, 5) is 38.9. The van der Waals surface area contributed by atoms with Gasteiger partial charge in [-0.1, -0.05) is 49.4 Å². The summed E-state index contributed by atoms with van der Waals surface area (Å²) >= 11 is 0. The van der Waals surface area contributed by atoms with Crippen molar-refractivity contribution in [1.82, 2.24) is 4.90 Å². The van der Waals surface area contributed by atoms with Crippen molar-refractivity contribution < 1.29 is 19.1 Å². The van der Waals surface area contributed by atoms with Gasteiger partial charge in [0.1, 0.15) is 0 Å². The zero-order valence-electron chi connectivity index (χ0n) is 17.5. The average Bonchev–Trinajstić information content (AvgIpc) is 2.78. The van der Waals surface area contributed by atoms with Crippen LogP contribution in [0.15, 0.2) is 54.6 Å². The Balaban J connectivity index is 1.68. The number of piperidine rings is 1.